The van der Waals surface area contributed by atoms with E-state index in [1.807, 2.05) is 32.9 Å². The summed E-state index contributed by atoms with van der Waals surface area (Å²) in [6.45, 7) is 8.12. The normalized spacial score (nSPS) is 12.1. The van der Waals surface area contributed by atoms with E-state index in [9.17, 15) is 0 Å². The molecule has 6 heteroatoms. The minimum Gasteiger partial charge on any atom is -0.481 e. The van der Waals surface area contributed by atoms with Crippen molar-refractivity contribution in [2.45, 2.75) is 32.9 Å². The number of guanidine groups is 1. The lowest BCUT2D eigenvalue weighted by atomic mass is 10.1. The van der Waals surface area contributed by atoms with Gasteiger partial charge >= 0.3 is 0 Å². The molecule has 21 heavy (non-hydrogen) atoms. The molecule has 0 bridgehead atoms. The van der Waals surface area contributed by atoms with Gasteiger partial charge in [-0.15, -0.1) is 0 Å². The van der Waals surface area contributed by atoms with Gasteiger partial charge in [0.05, 0.1) is 19.3 Å². The van der Waals surface area contributed by atoms with Gasteiger partial charge in [0.15, 0.2) is 5.96 Å². The molecule has 1 aromatic heterocycles. The summed E-state index contributed by atoms with van der Waals surface area (Å²) in [6.07, 6.45) is 1.72. The second kappa shape index (κ2) is 8.46. The van der Waals surface area contributed by atoms with Gasteiger partial charge in [-0.3, -0.25) is 0 Å². The first-order chi connectivity index (χ1) is 10.0. The van der Waals surface area contributed by atoms with Gasteiger partial charge in [0.25, 0.3) is 0 Å². The third-order valence-corrected chi connectivity index (χ3v) is 3.01. The first-order valence-electron chi connectivity index (χ1n) is 7.07. The second-order valence-electron chi connectivity index (χ2n) is 5.22. The van der Waals surface area contributed by atoms with E-state index in [0.29, 0.717) is 19.0 Å². The zero-order valence-electron chi connectivity index (χ0n) is 13.6. The molecule has 1 heterocycles. The van der Waals surface area contributed by atoms with Crippen LogP contribution in [0.3, 0.4) is 0 Å². The topological polar surface area (TPSA) is 67.8 Å². The minimum atomic E-state index is -0.240. The van der Waals surface area contributed by atoms with Crippen molar-refractivity contribution in [2.24, 2.45) is 4.99 Å². The highest BCUT2D eigenvalue weighted by Crippen LogP contribution is 2.09. The molecule has 0 spiro atoms. The van der Waals surface area contributed by atoms with Crippen LogP contribution in [0.25, 0.3) is 0 Å². The van der Waals surface area contributed by atoms with Crippen LogP contribution in [0.1, 0.15) is 26.3 Å². The molecule has 1 rings (SSSR count). The van der Waals surface area contributed by atoms with Crippen molar-refractivity contribution < 1.29 is 9.47 Å². The van der Waals surface area contributed by atoms with Crippen LogP contribution in [0.5, 0.6) is 5.88 Å². The van der Waals surface area contributed by atoms with Crippen LogP contribution >= 0.6 is 0 Å². The lowest BCUT2D eigenvalue weighted by Gasteiger charge is -2.24. The molecule has 0 aromatic carbocycles. The molecule has 0 aliphatic carbocycles. The molecule has 0 amide bonds. The molecular formula is C15H26N4O2. The average Bonchev–Trinajstić information content (AvgIpc) is 2.50. The fraction of sp³-hybridized carbons (Fsp3) is 0.600. The van der Waals surface area contributed by atoms with Gasteiger partial charge in [-0.2, -0.15) is 0 Å². The van der Waals surface area contributed by atoms with Crippen LogP contribution in [0.2, 0.25) is 0 Å². The summed E-state index contributed by atoms with van der Waals surface area (Å²) in [6, 6.07) is 3.81. The number of aromatic nitrogens is 1. The van der Waals surface area contributed by atoms with E-state index in [1.54, 1.807) is 20.4 Å². The van der Waals surface area contributed by atoms with Gasteiger partial charge in [-0.1, -0.05) is 0 Å². The van der Waals surface area contributed by atoms with Crippen molar-refractivity contribution in [3.63, 3.8) is 0 Å². The van der Waals surface area contributed by atoms with E-state index in [-0.39, 0.29) is 5.60 Å². The maximum atomic E-state index is 5.39. The molecule has 6 nitrogen and oxygen atoms in total. The molecule has 0 fully saturated rings. The summed E-state index contributed by atoms with van der Waals surface area (Å²) < 4.78 is 10.5. The van der Waals surface area contributed by atoms with Crippen LogP contribution in [0.15, 0.2) is 23.3 Å². The summed E-state index contributed by atoms with van der Waals surface area (Å²) in [7, 11) is 3.31. The molecular weight excluding hydrogens is 268 g/mol. The van der Waals surface area contributed by atoms with Crippen molar-refractivity contribution in [3.05, 3.63) is 23.9 Å². The van der Waals surface area contributed by atoms with Crippen molar-refractivity contribution in [2.75, 3.05) is 27.3 Å². The highest BCUT2D eigenvalue weighted by molar-refractivity contribution is 5.79. The van der Waals surface area contributed by atoms with Crippen LogP contribution in [0.4, 0.5) is 0 Å². The Balaban J connectivity index is 2.66. The maximum Gasteiger partial charge on any atom is 0.213 e. The molecule has 0 radical (unpaired) electrons. The van der Waals surface area contributed by atoms with Crippen LogP contribution in [-0.2, 0) is 11.3 Å². The second-order valence-corrected chi connectivity index (χ2v) is 5.22. The number of pyridine rings is 1. The van der Waals surface area contributed by atoms with Gasteiger partial charge in [-0.25, -0.2) is 9.98 Å². The molecule has 118 valence electrons. The summed E-state index contributed by atoms with van der Waals surface area (Å²) in [5.41, 5.74) is 0.806. The quantitative estimate of drug-likeness (QED) is 0.590. The van der Waals surface area contributed by atoms with E-state index in [0.717, 1.165) is 18.1 Å². The first-order valence-corrected chi connectivity index (χ1v) is 7.07. The Morgan fingerprint density at radius 2 is 2.10 bits per heavy atom. The third-order valence-electron chi connectivity index (χ3n) is 3.01. The van der Waals surface area contributed by atoms with E-state index in [4.69, 9.17) is 9.47 Å². The number of hydrogen-bond acceptors (Lipinski definition) is 4. The van der Waals surface area contributed by atoms with E-state index >= 15 is 0 Å². The van der Waals surface area contributed by atoms with Crippen molar-refractivity contribution in [1.29, 1.82) is 0 Å². The Hall–Kier alpha value is -1.82. The third kappa shape index (κ3) is 6.44. The largest absolute Gasteiger partial charge is 0.481 e. The molecule has 2 N–H and O–H groups in total. The van der Waals surface area contributed by atoms with Gasteiger partial charge in [0.1, 0.15) is 0 Å². The van der Waals surface area contributed by atoms with Gasteiger partial charge in [0.2, 0.25) is 5.88 Å². The van der Waals surface area contributed by atoms with Crippen LogP contribution < -0.4 is 15.4 Å². The molecule has 0 unspecified atom stereocenters. The van der Waals surface area contributed by atoms with E-state index in [1.165, 1.54) is 0 Å². The lowest BCUT2D eigenvalue weighted by molar-refractivity contribution is 0.0268. The first kappa shape index (κ1) is 17.2. The predicted molar refractivity (Wildman–Crippen MR) is 84.7 cm³/mol. The number of nitrogens with zero attached hydrogens (tertiary/aromatic N) is 2. The zero-order valence-corrected chi connectivity index (χ0v) is 13.6. The number of hydrogen-bond donors (Lipinski definition) is 2. The van der Waals surface area contributed by atoms with Crippen molar-refractivity contribution >= 4 is 5.96 Å². The highest BCUT2D eigenvalue weighted by atomic mass is 16.5. The van der Waals surface area contributed by atoms with Crippen molar-refractivity contribution in [3.8, 4) is 5.88 Å². The standard InChI is InChI=1S/C15H26N4O2/c1-6-16-14(19-11-15(2,3)21-5)18-10-12-7-8-17-13(9-12)20-4/h7-9H,6,10-11H2,1-5H3,(H2,16,18,19). The average molecular weight is 294 g/mol. The Morgan fingerprint density at radius 3 is 2.71 bits per heavy atom. The monoisotopic (exact) mass is 294 g/mol. The number of methoxy groups -OCH3 is 2. The van der Waals surface area contributed by atoms with Crippen molar-refractivity contribution in [1.82, 2.24) is 15.6 Å². The fourth-order valence-corrected chi connectivity index (χ4v) is 1.54. The highest BCUT2D eigenvalue weighted by Gasteiger charge is 2.16. The lowest BCUT2D eigenvalue weighted by Crippen LogP contribution is -2.45. The Labute approximate surface area is 127 Å². The smallest absolute Gasteiger partial charge is 0.213 e. The molecule has 0 saturated heterocycles. The van der Waals surface area contributed by atoms with E-state index in [2.05, 4.69) is 20.6 Å². The number of rotatable bonds is 7. The number of nitrogens with one attached hydrogen (secondary N) is 2. The molecule has 0 atom stereocenters. The predicted octanol–water partition coefficient (Wildman–Crippen LogP) is 1.57. The number of ether oxygens (including phenoxy) is 2. The molecule has 1 aromatic rings. The summed E-state index contributed by atoms with van der Waals surface area (Å²) in [5.74, 6) is 1.36. The molecule has 0 saturated carbocycles. The molecule has 0 aliphatic rings. The summed E-state index contributed by atoms with van der Waals surface area (Å²) in [4.78, 5) is 8.63. The molecule has 0 aliphatic heterocycles. The Bertz CT molecular complexity index is 461. The SMILES string of the molecule is CCNC(=NCc1ccnc(OC)c1)NCC(C)(C)OC. The van der Waals surface area contributed by atoms with Crippen LogP contribution in [-0.4, -0.2) is 43.9 Å². The van der Waals surface area contributed by atoms with Gasteiger partial charge in [-0.05, 0) is 32.4 Å². The summed E-state index contributed by atoms with van der Waals surface area (Å²) in [5, 5.41) is 6.49. The Kier molecular flexibility index (Phi) is 6.94. The minimum absolute atomic E-state index is 0.240. The van der Waals surface area contributed by atoms with Gasteiger partial charge < -0.3 is 20.1 Å². The van der Waals surface area contributed by atoms with Gasteiger partial charge in [0, 0.05) is 32.5 Å². The summed E-state index contributed by atoms with van der Waals surface area (Å²) >= 11 is 0. The number of aliphatic imine (C=N–C) groups is 1. The Morgan fingerprint density at radius 1 is 1.33 bits per heavy atom. The fourth-order valence-electron chi connectivity index (χ4n) is 1.54. The van der Waals surface area contributed by atoms with E-state index < -0.39 is 0 Å². The zero-order chi connectivity index (χ0) is 15.7. The van der Waals surface area contributed by atoms with Crippen LogP contribution in [0, 0.1) is 0 Å². The maximum absolute atomic E-state index is 5.39.